The molecule has 4 rings (SSSR count). The monoisotopic (exact) mass is 329 g/mol. The summed E-state index contributed by atoms with van der Waals surface area (Å²) in [7, 11) is 0. The standard InChI is InChI=1S/C16H10F3N5/c17-16(18,19)15-5-7-23(22-15)12-3-4-14-11(8-12)10-24(21-14)13-2-1-6-20-9-13/h1-10H. The van der Waals surface area contributed by atoms with Gasteiger partial charge in [-0.25, -0.2) is 9.36 Å². The van der Waals surface area contributed by atoms with Crippen molar-refractivity contribution >= 4 is 10.9 Å². The molecule has 0 atom stereocenters. The van der Waals surface area contributed by atoms with Gasteiger partial charge < -0.3 is 0 Å². The largest absolute Gasteiger partial charge is 0.435 e. The van der Waals surface area contributed by atoms with Crippen molar-refractivity contribution in [2.75, 3.05) is 0 Å². The summed E-state index contributed by atoms with van der Waals surface area (Å²) in [6.07, 6.45) is 1.97. The number of benzene rings is 1. The number of hydrogen-bond acceptors (Lipinski definition) is 3. The van der Waals surface area contributed by atoms with Crippen LogP contribution in [0.4, 0.5) is 13.2 Å². The summed E-state index contributed by atoms with van der Waals surface area (Å²) in [5.74, 6) is 0. The van der Waals surface area contributed by atoms with Gasteiger partial charge in [0.1, 0.15) is 0 Å². The fraction of sp³-hybridized carbons (Fsp3) is 0.0625. The van der Waals surface area contributed by atoms with E-state index in [0.29, 0.717) is 5.69 Å². The predicted molar refractivity (Wildman–Crippen MR) is 81.0 cm³/mol. The highest BCUT2D eigenvalue weighted by Crippen LogP contribution is 2.28. The van der Waals surface area contributed by atoms with Crippen LogP contribution < -0.4 is 0 Å². The minimum Gasteiger partial charge on any atom is -0.262 e. The van der Waals surface area contributed by atoms with Gasteiger partial charge in [0.05, 0.1) is 23.1 Å². The fourth-order valence-electron chi connectivity index (χ4n) is 2.40. The first-order chi connectivity index (χ1) is 11.5. The van der Waals surface area contributed by atoms with E-state index in [1.165, 1.54) is 10.9 Å². The van der Waals surface area contributed by atoms with Gasteiger partial charge in [0.15, 0.2) is 5.69 Å². The highest BCUT2D eigenvalue weighted by atomic mass is 19.4. The first-order valence-electron chi connectivity index (χ1n) is 7.04. The van der Waals surface area contributed by atoms with Crippen LogP contribution in [0.25, 0.3) is 22.3 Å². The molecule has 0 saturated heterocycles. The van der Waals surface area contributed by atoms with Gasteiger partial charge in [-0.3, -0.25) is 4.98 Å². The molecule has 8 heteroatoms. The van der Waals surface area contributed by atoms with E-state index in [-0.39, 0.29) is 0 Å². The lowest BCUT2D eigenvalue weighted by atomic mass is 10.2. The Bertz CT molecular complexity index is 1000. The zero-order valence-electron chi connectivity index (χ0n) is 12.1. The Labute approximate surface area is 134 Å². The number of nitrogens with zero attached hydrogens (tertiary/aromatic N) is 5. The van der Waals surface area contributed by atoms with E-state index in [1.54, 1.807) is 47.5 Å². The molecule has 0 N–H and O–H groups in total. The van der Waals surface area contributed by atoms with E-state index in [4.69, 9.17) is 0 Å². The molecule has 0 aliphatic rings. The number of fused-ring (bicyclic) bond motifs is 1. The van der Waals surface area contributed by atoms with E-state index in [2.05, 4.69) is 15.2 Å². The first-order valence-corrected chi connectivity index (χ1v) is 7.04. The van der Waals surface area contributed by atoms with Gasteiger partial charge in [-0.1, -0.05) is 0 Å². The molecular formula is C16H10F3N5. The number of pyridine rings is 1. The summed E-state index contributed by atoms with van der Waals surface area (Å²) in [5.41, 5.74) is 1.14. The molecule has 5 nitrogen and oxygen atoms in total. The molecule has 4 aromatic rings. The lowest BCUT2D eigenvalue weighted by Gasteiger charge is -2.02. The minimum absolute atomic E-state index is 0.531. The van der Waals surface area contributed by atoms with Crippen molar-refractivity contribution in [3.8, 4) is 11.4 Å². The van der Waals surface area contributed by atoms with Gasteiger partial charge in [-0.05, 0) is 36.4 Å². The van der Waals surface area contributed by atoms with Gasteiger partial charge in [-0.15, -0.1) is 0 Å². The van der Waals surface area contributed by atoms with E-state index in [0.717, 1.165) is 22.7 Å². The van der Waals surface area contributed by atoms with Gasteiger partial charge in [0.25, 0.3) is 0 Å². The normalized spacial score (nSPS) is 12.0. The Morgan fingerprint density at radius 1 is 0.917 bits per heavy atom. The third-order valence-corrected chi connectivity index (χ3v) is 3.54. The molecular weight excluding hydrogens is 319 g/mol. The number of alkyl halides is 3. The number of rotatable bonds is 2. The maximum atomic E-state index is 12.7. The van der Waals surface area contributed by atoms with E-state index >= 15 is 0 Å². The maximum absolute atomic E-state index is 12.7. The summed E-state index contributed by atoms with van der Waals surface area (Å²) in [6.45, 7) is 0. The summed E-state index contributed by atoms with van der Waals surface area (Å²) >= 11 is 0. The van der Waals surface area contributed by atoms with Crippen molar-refractivity contribution in [1.29, 1.82) is 0 Å². The third-order valence-electron chi connectivity index (χ3n) is 3.54. The lowest BCUT2D eigenvalue weighted by molar-refractivity contribution is -0.141. The predicted octanol–water partition coefficient (Wildman–Crippen LogP) is 3.63. The second-order valence-corrected chi connectivity index (χ2v) is 5.17. The molecule has 3 aromatic heterocycles. The molecule has 0 spiro atoms. The third kappa shape index (κ3) is 2.51. The SMILES string of the molecule is FC(F)(F)c1ccn(-c2ccc3nn(-c4cccnc4)cc3c2)n1. The van der Waals surface area contributed by atoms with Crippen LogP contribution in [0.2, 0.25) is 0 Å². The average Bonchev–Trinajstić information content (AvgIpc) is 3.21. The number of aromatic nitrogens is 5. The Morgan fingerprint density at radius 2 is 1.79 bits per heavy atom. The summed E-state index contributed by atoms with van der Waals surface area (Å²) in [4.78, 5) is 4.04. The van der Waals surface area contributed by atoms with Crippen molar-refractivity contribution in [2.24, 2.45) is 0 Å². The molecule has 24 heavy (non-hydrogen) atoms. The molecule has 0 aliphatic carbocycles. The van der Waals surface area contributed by atoms with E-state index < -0.39 is 11.9 Å². The van der Waals surface area contributed by atoms with Gasteiger partial charge in [0.2, 0.25) is 0 Å². The molecule has 0 amide bonds. The van der Waals surface area contributed by atoms with Gasteiger partial charge in [0, 0.05) is 24.0 Å². The van der Waals surface area contributed by atoms with Crippen molar-refractivity contribution in [3.05, 3.63) is 66.9 Å². The van der Waals surface area contributed by atoms with Crippen LogP contribution in [0, 0.1) is 0 Å². The summed E-state index contributed by atoms with van der Waals surface area (Å²) in [6, 6.07) is 9.77. The zero-order chi connectivity index (χ0) is 16.7. The molecule has 3 heterocycles. The second-order valence-electron chi connectivity index (χ2n) is 5.17. The number of hydrogen-bond donors (Lipinski definition) is 0. The first kappa shape index (κ1) is 14.4. The van der Waals surface area contributed by atoms with Crippen molar-refractivity contribution in [2.45, 2.75) is 6.18 Å². The Hall–Kier alpha value is -3.16. The Kier molecular flexibility index (Phi) is 3.12. The maximum Gasteiger partial charge on any atom is 0.435 e. The molecule has 120 valence electrons. The highest BCUT2D eigenvalue weighted by Gasteiger charge is 2.33. The molecule has 0 radical (unpaired) electrons. The zero-order valence-corrected chi connectivity index (χ0v) is 12.1. The number of halogens is 3. The van der Waals surface area contributed by atoms with Gasteiger partial charge in [-0.2, -0.15) is 23.4 Å². The van der Waals surface area contributed by atoms with Crippen LogP contribution in [0.3, 0.4) is 0 Å². The molecule has 1 aromatic carbocycles. The van der Waals surface area contributed by atoms with Gasteiger partial charge >= 0.3 is 6.18 Å². The molecule has 0 fully saturated rings. The van der Waals surface area contributed by atoms with Crippen LogP contribution in [0.1, 0.15) is 5.69 Å². The lowest BCUT2D eigenvalue weighted by Crippen LogP contribution is -2.07. The van der Waals surface area contributed by atoms with Crippen LogP contribution in [0.15, 0.2) is 61.2 Å². The van der Waals surface area contributed by atoms with E-state index in [1.807, 2.05) is 6.07 Å². The quantitative estimate of drug-likeness (QED) is 0.564. The Morgan fingerprint density at radius 3 is 2.50 bits per heavy atom. The molecule has 0 unspecified atom stereocenters. The summed E-state index contributed by atoms with van der Waals surface area (Å²) < 4.78 is 40.9. The smallest absolute Gasteiger partial charge is 0.262 e. The average molecular weight is 329 g/mol. The van der Waals surface area contributed by atoms with Crippen LogP contribution in [0.5, 0.6) is 0 Å². The topological polar surface area (TPSA) is 48.5 Å². The van der Waals surface area contributed by atoms with Crippen LogP contribution in [-0.4, -0.2) is 24.5 Å². The molecule has 0 bridgehead atoms. The molecule has 0 saturated carbocycles. The van der Waals surface area contributed by atoms with Crippen molar-refractivity contribution < 1.29 is 13.2 Å². The van der Waals surface area contributed by atoms with Crippen molar-refractivity contribution in [1.82, 2.24) is 24.5 Å². The van der Waals surface area contributed by atoms with Crippen LogP contribution in [-0.2, 0) is 6.18 Å². The van der Waals surface area contributed by atoms with Crippen molar-refractivity contribution in [3.63, 3.8) is 0 Å². The second kappa shape index (κ2) is 5.19. The Balaban J connectivity index is 1.75. The fourth-order valence-corrected chi connectivity index (χ4v) is 2.40. The van der Waals surface area contributed by atoms with E-state index in [9.17, 15) is 13.2 Å². The summed E-state index contributed by atoms with van der Waals surface area (Å²) in [5, 5.41) is 8.80. The minimum atomic E-state index is -4.46. The van der Waals surface area contributed by atoms with Crippen LogP contribution >= 0.6 is 0 Å². The molecule has 0 aliphatic heterocycles. The highest BCUT2D eigenvalue weighted by molar-refractivity contribution is 5.80.